The molecule has 1 aromatic carbocycles. The van der Waals surface area contributed by atoms with Gasteiger partial charge in [-0.15, -0.1) is 0 Å². The Labute approximate surface area is 116 Å². The lowest BCUT2D eigenvalue weighted by Gasteiger charge is -2.13. The Kier molecular flexibility index (Phi) is 3.30. The van der Waals surface area contributed by atoms with Crippen molar-refractivity contribution in [2.45, 2.75) is 18.9 Å². The fourth-order valence-corrected chi connectivity index (χ4v) is 2.47. The zero-order valence-electron chi connectivity index (χ0n) is 10.8. The lowest BCUT2D eigenvalue weighted by atomic mass is 10.1. The van der Waals surface area contributed by atoms with Gasteiger partial charge in [-0.25, -0.2) is 15.8 Å². The van der Waals surface area contributed by atoms with Crippen molar-refractivity contribution in [1.29, 1.82) is 0 Å². The lowest BCUT2D eigenvalue weighted by Crippen LogP contribution is -2.30. The molecule has 0 bridgehead atoms. The zero-order chi connectivity index (χ0) is 13.9. The summed E-state index contributed by atoms with van der Waals surface area (Å²) in [5.74, 6) is 5.17. The van der Waals surface area contributed by atoms with Gasteiger partial charge in [0.25, 0.3) is 5.91 Å². The highest BCUT2D eigenvalue weighted by Gasteiger charge is 2.22. The minimum Gasteiger partial charge on any atom is -0.347 e. The molecule has 0 radical (unpaired) electrons. The van der Waals surface area contributed by atoms with Crippen molar-refractivity contribution in [2.75, 3.05) is 5.32 Å². The number of nitrogens with one attached hydrogen (secondary N) is 2. The van der Waals surface area contributed by atoms with E-state index in [2.05, 4.69) is 33.5 Å². The second kappa shape index (κ2) is 5.26. The minimum atomic E-state index is -0.400. The van der Waals surface area contributed by atoms with Crippen LogP contribution in [-0.2, 0) is 6.42 Å². The van der Waals surface area contributed by atoms with Gasteiger partial charge in [-0.3, -0.25) is 10.2 Å². The van der Waals surface area contributed by atoms with Crippen LogP contribution in [0.15, 0.2) is 36.7 Å². The molecule has 0 saturated carbocycles. The quantitative estimate of drug-likeness (QED) is 0.442. The van der Waals surface area contributed by atoms with Gasteiger partial charge in [0.1, 0.15) is 0 Å². The third-order valence-electron chi connectivity index (χ3n) is 3.48. The predicted molar refractivity (Wildman–Crippen MR) is 74.8 cm³/mol. The van der Waals surface area contributed by atoms with Crippen molar-refractivity contribution in [3.63, 3.8) is 0 Å². The van der Waals surface area contributed by atoms with Gasteiger partial charge in [0.05, 0.1) is 11.6 Å². The van der Waals surface area contributed by atoms with E-state index < -0.39 is 5.91 Å². The van der Waals surface area contributed by atoms with E-state index in [1.54, 1.807) is 0 Å². The van der Waals surface area contributed by atoms with Crippen molar-refractivity contribution in [3.05, 3.63) is 53.3 Å². The van der Waals surface area contributed by atoms with Gasteiger partial charge in [-0.2, -0.15) is 0 Å². The fourth-order valence-electron chi connectivity index (χ4n) is 2.47. The van der Waals surface area contributed by atoms with Gasteiger partial charge in [0, 0.05) is 12.4 Å². The highest BCUT2D eigenvalue weighted by atomic mass is 16.2. The van der Waals surface area contributed by atoms with E-state index in [0.29, 0.717) is 11.5 Å². The summed E-state index contributed by atoms with van der Waals surface area (Å²) >= 11 is 0. The molecule has 0 saturated heterocycles. The molecule has 20 heavy (non-hydrogen) atoms. The number of anilines is 1. The van der Waals surface area contributed by atoms with Gasteiger partial charge in [0.2, 0.25) is 5.95 Å². The maximum atomic E-state index is 11.3. The summed E-state index contributed by atoms with van der Waals surface area (Å²) in [7, 11) is 0. The SMILES string of the molecule is NNC(=O)c1cnc(N[C@@H]2CCc3ccccc32)nc1. The van der Waals surface area contributed by atoms with E-state index in [1.165, 1.54) is 23.5 Å². The Bertz CT molecular complexity index is 626. The summed E-state index contributed by atoms with van der Waals surface area (Å²) in [5.41, 5.74) is 5.04. The number of benzene rings is 1. The van der Waals surface area contributed by atoms with Crippen LogP contribution in [0, 0.1) is 0 Å². The van der Waals surface area contributed by atoms with Gasteiger partial charge in [-0.05, 0) is 24.0 Å². The number of hydrogen-bond acceptors (Lipinski definition) is 5. The van der Waals surface area contributed by atoms with Crippen molar-refractivity contribution in [3.8, 4) is 0 Å². The van der Waals surface area contributed by atoms with Crippen molar-refractivity contribution >= 4 is 11.9 Å². The average molecular weight is 269 g/mol. The van der Waals surface area contributed by atoms with E-state index in [0.717, 1.165) is 12.8 Å². The average Bonchev–Trinajstić information content (AvgIpc) is 2.91. The number of aryl methyl sites for hydroxylation is 1. The number of nitrogens with two attached hydrogens (primary N) is 1. The molecule has 1 amide bonds. The number of amides is 1. The zero-order valence-corrected chi connectivity index (χ0v) is 10.8. The second-order valence-electron chi connectivity index (χ2n) is 4.70. The lowest BCUT2D eigenvalue weighted by molar-refractivity contribution is 0.0953. The first-order valence-corrected chi connectivity index (χ1v) is 6.45. The minimum absolute atomic E-state index is 0.223. The summed E-state index contributed by atoms with van der Waals surface area (Å²) < 4.78 is 0. The number of hydrogen-bond donors (Lipinski definition) is 3. The Hall–Kier alpha value is -2.47. The third-order valence-corrected chi connectivity index (χ3v) is 3.48. The van der Waals surface area contributed by atoms with Crippen LogP contribution in [-0.4, -0.2) is 15.9 Å². The van der Waals surface area contributed by atoms with Gasteiger partial charge in [0.15, 0.2) is 0 Å². The predicted octanol–water partition coefficient (Wildman–Crippen LogP) is 1.18. The van der Waals surface area contributed by atoms with E-state index in [1.807, 2.05) is 11.5 Å². The molecule has 0 spiro atoms. The smallest absolute Gasteiger partial charge is 0.268 e. The fraction of sp³-hybridized carbons (Fsp3) is 0.214. The first-order valence-electron chi connectivity index (χ1n) is 6.45. The number of fused-ring (bicyclic) bond motifs is 1. The van der Waals surface area contributed by atoms with Crippen molar-refractivity contribution in [1.82, 2.24) is 15.4 Å². The van der Waals surface area contributed by atoms with Gasteiger partial charge in [-0.1, -0.05) is 24.3 Å². The monoisotopic (exact) mass is 269 g/mol. The molecular weight excluding hydrogens is 254 g/mol. The van der Waals surface area contributed by atoms with Crippen LogP contribution in [0.3, 0.4) is 0 Å². The molecule has 1 atom stereocenters. The number of nitrogen functional groups attached to an aromatic ring is 1. The molecule has 102 valence electrons. The van der Waals surface area contributed by atoms with E-state index in [-0.39, 0.29) is 6.04 Å². The van der Waals surface area contributed by atoms with Crippen LogP contribution in [0.5, 0.6) is 0 Å². The maximum absolute atomic E-state index is 11.3. The van der Waals surface area contributed by atoms with Crippen LogP contribution in [0.4, 0.5) is 5.95 Å². The molecule has 1 aliphatic carbocycles. The Morgan fingerprint density at radius 1 is 1.25 bits per heavy atom. The molecule has 1 aromatic heterocycles. The van der Waals surface area contributed by atoms with Crippen molar-refractivity contribution in [2.24, 2.45) is 5.84 Å². The standard InChI is InChI=1S/C14H15N5O/c15-19-13(20)10-7-16-14(17-8-10)18-12-6-5-9-3-1-2-4-11(9)12/h1-4,7-8,12H,5-6,15H2,(H,19,20)(H,16,17,18)/t12-/m1/s1. The number of aromatic nitrogens is 2. The first-order chi connectivity index (χ1) is 9.78. The van der Waals surface area contributed by atoms with E-state index in [4.69, 9.17) is 5.84 Å². The summed E-state index contributed by atoms with van der Waals surface area (Å²) in [5, 5.41) is 3.30. The second-order valence-corrected chi connectivity index (χ2v) is 4.70. The van der Waals surface area contributed by atoms with Crippen LogP contribution in [0.1, 0.15) is 33.9 Å². The number of rotatable bonds is 3. The van der Waals surface area contributed by atoms with Crippen LogP contribution < -0.4 is 16.6 Å². The molecule has 1 heterocycles. The molecule has 4 N–H and O–H groups in total. The number of nitrogens with zero attached hydrogens (tertiary/aromatic N) is 2. The molecular formula is C14H15N5O. The van der Waals surface area contributed by atoms with Crippen LogP contribution >= 0.6 is 0 Å². The number of hydrazine groups is 1. The molecule has 0 fully saturated rings. The largest absolute Gasteiger partial charge is 0.347 e. The van der Waals surface area contributed by atoms with Crippen LogP contribution in [0.25, 0.3) is 0 Å². The molecule has 2 aromatic rings. The van der Waals surface area contributed by atoms with E-state index >= 15 is 0 Å². The maximum Gasteiger partial charge on any atom is 0.268 e. The molecule has 6 heteroatoms. The molecule has 1 aliphatic rings. The molecule has 0 aliphatic heterocycles. The summed E-state index contributed by atoms with van der Waals surface area (Å²) in [6.45, 7) is 0. The van der Waals surface area contributed by atoms with Gasteiger partial charge >= 0.3 is 0 Å². The van der Waals surface area contributed by atoms with Gasteiger partial charge < -0.3 is 5.32 Å². The summed E-state index contributed by atoms with van der Waals surface area (Å²) in [6.07, 6.45) is 4.99. The third kappa shape index (κ3) is 2.33. The Balaban J connectivity index is 1.75. The first kappa shape index (κ1) is 12.6. The molecule has 6 nitrogen and oxygen atoms in total. The highest BCUT2D eigenvalue weighted by Crippen LogP contribution is 2.32. The highest BCUT2D eigenvalue weighted by molar-refractivity contribution is 5.93. The molecule has 3 rings (SSSR count). The summed E-state index contributed by atoms with van der Waals surface area (Å²) in [6, 6.07) is 8.58. The summed E-state index contributed by atoms with van der Waals surface area (Å²) in [4.78, 5) is 19.6. The van der Waals surface area contributed by atoms with Crippen molar-refractivity contribution < 1.29 is 4.79 Å². The topological polar surface area (TPSA) is 92.9 Å². The Morgan fingerprint density at radius 2 is 2.00 bits per heavy atom. The molecule has 0 unspecified atom stereocenters. The number of carbonyl (C=O) groups is 1. The van der Waals surface area contributed by atoms with Crippen LogP contribution in [0.2, 0.25) is 0 Å². The Morgan fingerprint density at radius 3 is 2.75 bits per heavy atom. The number of carbonyl (C=O) groups excluding carboxylic acids is 1. The normalized spacial score (nSPS) is 16.6. The van der Waals surface area contributed by atoms with E-state index in [9.17, 15) is 4.79 Å².